The minimum absolute atomic E-state index is 0.0434. The fourth-order valence-corrected chi connectivity index (χ4v) is 2.94. The largest absolute Gasteiger partial charge is 0.351 e. The third kappa shape index (κ3) is 4.90. The van der Waals surface area contributed by atoms with E-state index in [0.29, 0.717) is 17.1 Å². The van der Waals surface area contributed by atoms with E-state index in [9.17, 15) is 4.79 Å². The lowest BCUT2D eigenvalue weighted by atomic mass is 10.2. The number of nitrogens with one attached hydrogen (secondary N) is 1. The summed E-state index contributed by atoms with van der Waals surface area (Å²) in [6.45, 7) is 3.95. The number of rotatable bonds is 4. The Balaban J connectivity index is 1.78. The fraction of sp³-hybridized carbons (Fsp3) is 0.533. The molecule has 0 spiro atoms. The Kier molecular flexibility index (Phi) is 6.58. The molecule has 1 heterocycles. The maximum Gasteiger partial charge on any atom is 0.251 e. The molecule has 1 aliphatic rings. The second-order valence-electron chi connectivity index (χ2n) is 5.14. The molecule has 3 nitrogen and oxygen atoms in total. The van der Waals surface area contributed by atoms with Crippen molar-refractivity contribution in [1.82, 2.24) is 10.2 Å². The van der Waals surface area contributed by atoms with Gasteiger partial charge in [0.1, 0.15) is 0 Å². The van der Waals surface area contributed by atoms with Gasteiger partial charge in [0.15, 0.2) is 0 Å². The van der Waals surface area contributed by atoms with Crippen LogP contribution in [-0.4, -0.2) is 37.0 Å². The van der Waals surface area contributed by atoms with Crippen molar-refractivity contribution in [2.45, 2.75) is 25.7 Å². The van der Waals surface area contributed by atoms with Crippen LogP contribution in [0.5, 0.6) is 0 Å². The van der Waals surface area contributed by atoms with E-state index in [1.807, 2.05) is 12.1 Å². The van der Waals surface area contributed by atoms with Crippen LogP contribution in [0.4, 0.5) is 0 Å². The molecule has 0 atom stereocenters. The van der Waals surface area contributed by atoms with Crippen LogP contribution in [0.1, 0.15) is 36.0 Å². The van der Waals surface area contributed by atoms with Crippen molar-refractivity contribution < 1.29 is 4.79 Å². The van der Waals surface area contributed by atoms with Gasteiger partial charge in [0.2, 0.25) is 0 Å². The fourth-order valence-electron chi connectivity index (χ4n) is 2.43. The van der Waals surface area contributed by atoms with E-state index in [0.717, 1.165) is 23.2 Å². The first-order chi connectivity index (χ1) is 9.66. The van der Waals surface area contributed by atoms with E-state index in [1.54, 1.807) is 6.07 Å². The molecule has 1 saturated heterocycles. The summed E-state index contributed by atoms with van der Waals surface area (Å²) in [5, 5.41) is 3.60. The zero-order chi connectivity index (χ0) is 14.4. The number of halogens is 2. The van der Waals surface area contributed by atoms with E-state index < -0.39 is 0 Å². The quantitative estimate of drug-likeness (QED) is 0.776. The van der Waals surface area contributed by atoms with Crippen LogP contribution in [0.15, 0.2) is 18.2 Å². The van der Waals surface area contributed by atoms with Crippen molar-refractivity contribution >= 4 is 40.1 Å². The van der Waals surface area contributed by atoms with Crippen LogP contribution in [0.2, 0.25) is 5.02 Å². The molecule has 1 N–H and O–H groups in total. The monoisotopic (exact) mass is 406 g/mol. The lowest BCUT2D eigenvalue weighted by molar-refractivity contribution is 0.0948. The Hall–Kier alpha value is -0.330. The summed E-state index contributed by atoms with van der Waals surface area (Å²) < 4.78 is 0.963. The van der Waals surface area contributed by atoms with Crippen molar-refractivity contribution in [2.75, 3.05) is 26.2 Å². The van der Waals surface area contributed by atoms with Crippen molar-refractivity contribution in [2.24, 2.45) is 0 Å². The summed E-state index contributed by atoms with van der Waals surface area (Å²) in [5.41, 5.74) is 0.631. The number of carbonyl (C=O) groups is 1. The van der Waals surface area contributed by atoms with E-state index >= 15 is 0 Å². The van der Waals surface area contributed by atoms with Crippen LogP contribution in [0, 0.1) is 3.57 Å². The molecule has 0 aliphatic carbocycles. The highest BCUT2D eigenvalue weighted by Gasteiger charge is 2.10. The minimum atomic E-state index is -0.0434. The van der Waals surface area contributed by atoms with Crippen LogP contribution in [-0.2, 0) is 0 Å². The molecule has 1 amide bonds. The molecule has 5 heteroatoms. The van der Waals surface area contributed by atoms with E-state index in [-0.39, 0.29) is 5.91 Å². The summed E-state index contributed by atoms with van der Waals surface area (Å²) in [6.07, 6.45) is 5.23. The van der Waals surface area contributed by atoms with Gasteiger partial charge >= 0.3 is 0 Å². The molecule has 1 aromatic carbocycles. The first-order valence-electron chi connectivity index (χ1n) is 7.12. The first kappa shape index (κ1) is 16.0. The van der Waals surface area contributed by atoms with E-state index in [4.69, 9.17) is 11.6 Å². The highest BCUT2D eigenvalue weighted by Crippen LogP contribution is 2.19. The second-order valence-corrected chi connectivity index (χ2v) is 6.71. The van der Waals surface area contributed by atoms with Gasteiger partial charge in [-0.05, 0) is 66.7 Å². The van der Waals surface area contributed by atoms with Gasteiger partial charge in [-0.25, -0.2) is 0 Å². The van der Waals surface area contributed by atoms with Crippen molar-refractivity contribution in [3.63, 3.8) is 0 Å². The number of likely N-dealkylation sites (tertiary alicyclic amines) is 1. The molecule has 0 bridgehead atoms. The molecule has 0 unspecified atom stereocenters. The summed E-state index contributed by atoms with van der Waals surface area (Å²) in [7, 11) is 0. The average molecular weight is 407 g/mol. The average Bonchev–Trinajstić information content (AvgIpc) is 2.70. The molecule has 0 radical (unpaired) electrons. The molecular formula is C15H20ClIN2O. The zero-order valence-electron chi connectivity index (χ0n) is 11.5. The molecular weight excluding hydrogens is 387 g/mol. The standard InChI is InChI=1S/C15H20ClIN2O/c16-13-11-12(5-6-14(13)17)15(20)18-7-10-19-8-3-1-2-4-9-19/h5-6,11H,1-4,7-10H2,(H,18,20). The Morgan fingerprint density at radius 2 is 1.95 bits per heavy atom. The summed E-state index contributed by atoms with van der Waals surface area (Å²) in [5.74, 6) is -0.0434. The molecule has 110 valence electrons. The lowest BCUT2D eigenvalue weighted by Crippen LogP contribution is -2.35. The summed E-state index contributed by atoms with van der Waals surface area (Å²) >= 11 is 8.19. The van der Waals surface area contributed by atoms with Crippen LogP contribution >= 0.6 is 34.2 Å². The Labute approximate surface area is 139 Å². The first-order valence-corrected chi connectivity index (χ1v) is 8.58. The molecule has 20 heavy (non-hydrogen) atoms. The number of nitrogens with zero attached hydrogens (tertiary/aromatic N) is 1. The van der Waals surface area contributed by atoms with Gasteiger partial charge in [0, 0.05) is 22.2 Å². The maximum absolute atomic E-state index is 12.0. The van der Waals surface area contributed by atoms with E-state index in [2.05, 4.69) is 32.8 Å². The Morgan fingerprint density at radius 3 is 2.60 bits per heavy atom. The predicted molar refractivity (Wildman–Crippen MR) is 91.4 cm³/mol. The van der Waals surface area contributed by atoms with Crippen LogP contribution < -0.4 is 5.32 Å². The Bertz CT molecular complexity index is 459. The highest BCUT2D eigenvalue weighted by molar-refractivity contribution is 14.1. The predicted octanol–water partition coefficient (Wildman–Crippen LogP) is 3.55. The third-order valence-electron chi connectivity index (χ3n) is 3.59. The van der Waals surface area contributed by atoms with E-state index in [1.165, 1.54) is 25.7 Å². The van der Waals surface area contributed by atoms with Gasteiger partial charge in [0.25, 0.3) is 5.91 Å². The molecule has 0 saturated carbocycles. The molecule has 2 rings (SSSR count). The molecule has 0 aromatic heterocycles. The van der Waals surface area contributed by atoms with Crippen molar-refractivity contribution in [1.29, 1.82) is 0 Å². The van der Waals surface area contributed by atoms with Gasteiger partial charge in [-0.1, -0.05) is 24.4 Å². The molecule has 1 fully saturated rings. The molecule has 1 aromatic rings. The normalized spacial score (nSPS) is 16.7. The zero-order valence-corrected chi connectivity index (χ0v) is 14.4. The second kappa shape index (κ2) is 8.20. The maximum atomic E-state index is 12.0. The Morgan fingerprint density at radius 1 is 1.25 bits per heavy atom. The van der Waals surface area contributed by atoms with Gasteiger partial charge < -0.3 is 10.2 Å². The van der Waals surface area contributed by atoms with Crippen LogP contribution in [0.3, 0.4) is 0 Å². The van der Waals surface area contributed by atoms with Crippen molar-refractivity contribution in [3.05, 3.63) is 32.4 Å². The highest BCUT2D eigenvalue weighted by atomic mass is 127. The van der Waals surface area contributed by atoms with Gasteiger partial charge in [-0.2, -0.15) is 0 Å². The third-order valence-corrected chi connectivity index (χ3v) is 5.17. The van der Waals surface area contributed by atoms with Gasteiger partial charge in [0.05, 0.1) is 5.02 Å². The smallest absolute Gasteiger partial charge is 0.251 e. The van der Waals surface area contributed by atoms with Crippen molar-refractivity contribution in [3.8, 4) is 0 Å². The topological polar surface area (TPSA) is 32.3 Å². The summed E-state index contributed by atoms with van der Waals surface area (Å²) in [6, 6.07) is 5.41. The number of hydrogen-bond acceptors (Lipinski definition) is 2. The summed E-state index contributed by atoms with van der Waals surface area (Å²) in [4.78, 5) is 14.5. The number of carbonyl (C=O) groups excluding carboxylic acids is 1. The lowest BCUT2D eigenvalue weighted by Gasteiger charge is -2.19. The molecule has 1 aliphatic heterocycles. The number of benzene rings is 1. The van der Waals surface area contributed by atoms with Crippen LogP contribution in [0.25, 0.3) is 0 Å². The SMILES string of the molecule is O=C(NCCN1CCCCCC1)c1ccc(I)c(Cl)c1. The van der Waals surface area contributed by atoms with Gasteiger partial charge in [-0.15, -0.1) is 0 Å². The number of amides is 1. The minimum Gasteiger partial charge on any atom is -0.351 e. The van der Waals surface area contributed by atoms with Gasteiger partial charge in [-0.3, -0.25) is 4.79 Å². The number of hydrogen-bond donors (Lipinski definition) is 1.